The Balaban J connectivity index is 2.41. The molecule has 2 aromatic carbocycles. The fourth-order valence-corrected chi connectivity index (χ4v) is 2.60. The molecule has 0 saturated heterocycles. The van der Waals surface area contributed by atoms with E-state index in [1.165, 1.54) is 28.8 Å². The SMILES string of the molecule is N#Cc1cc(F)ccc1-n1c(=S)[nH]c2cc(Cl)c(F)cc21. The van der Waals surface area contributed by atoms with Gasteiger partial charge in [-0.2, -0.15) is 5.26 Å². The lowest BCUT2D eigenvalue weighted by Gasteiger charge is -2.07. The lowest BCUT2D eigenvalue weighted by atomic mass is 10.2. The van der Waals surface area contributed by atoms with Gasteiger partial charge in [0, 0.05) is 6.07 Å². The van der Waals surface area contributed by atoms with Gasteiger partial charge in [-0.15, -0.1) is 0 Å². The Hall–Kier alpha value is -2.23. The molecule has 0 saturated carbocycles. The van der Waals surface area contributed by atoms with Crippen LogP contribution in [0.5, 0.6) is 0 Å². The van der Waals surface area contributed by atoms with Gasteiger partial charge < -0.3 is 4.98 Å². The summed E-state index contributed by atoms with van der Waals surface area (Å²) in [6.45, 7) is 0. The molecule has 0 spiro atoms. The van der Waals surface area contributed by atoms with E-state index in [-0.39, 0.29) is 15.4 Å². The molecule has 0 bridgehead atoms. The average Bonchev–Trinajstić information content (AvgIpc) is 2.75. The maximum Gasteiger partial charge on any atom is 0.182 e. The van der Waals surface area contributed by atoms with Gasteiger partial charge in [0.25, 0.3) is 0 Å². The fourth-order valence-electron chi connectivity index (χ4n) is 2.13. The van der Waals surface area contributed by atoms with Crippen LogP contribution in [0.25, 0.3) is 16.7 Å². The average molecular weight is 322 g/mol. The number of hydrogen-bond donors (Lipinski definition) is 1. The molecule has 3 rings (SSSR count). The van der Waals surface area contributed by atoms with E-state index < -0.39 is 11.6 Å². The van der Waals surface area contributed by atoms with Crippen LogP contribution in [0, 0.1) is 27.7 Å². The van der Waals surface area contributed by atoms with Crippen molar-refractivity contribution in [3.8, 4) is 11.8 Å². The van der Waals surface area contributed by atoms with E-state index in [2.05, 4.69) is 4.98 Å². The number of halogens is 3. The van der Waals surface area contributed by atoms with Crippen molar-refractivity contribution >= 4 is 34.9 Å². The number of aromatic amines is 1. The molecule has 0 aliphatic heterocycles. The van der Waals surface area contributed by atoms with E-state index >= 15 is 0 Å². The lowest BCUT2D eigenvalue weighted by molar-refractivity contribution is 0.626. The molecule has 0 aliphatic rings. The molecule has 0 atom stereocenters. The molecule has 0 unspecified atom stereocenters. The Morgan fingerprint density at radius 1 is 1.24 bits per heavy atom. The normalized spacial score (nSPS) is 10.8. The number of nitrogens with one attached hydrogen (secondary N) is 1. The molecule has 1 heterocycles. The van der Waals surface area contributed by atoms with Crippen LogP contribution < -0.4 is 0 Å². The Morgan fingerprint density at radius 3 is 2.71 bits per heavy atom. The van der Waals surface area contributed by atoms with Crippen molar-refractivity contribution < 1.29 is 8.78 Å². The summed E-state index contributed by atoms with van der Waals surface area (Å²) in [6, 6.07) is 8.26. The number of nitriles is 1. The lowest BCUT2D eigenvalue weighted by Crippen LogP contribution is -1.98. The standard InChI is InChI=1S/C14H6ClF2N3S/c15-9-4-11-13(5-10(9)17)20(14(21)19-11)12-2-1-8(16)3-7(12)6-18/h1-5H,(H,19,21). The first-order valence-corrected chi connectivity index (χ1v) is 6.59. The number of fused-ring (bicyclic) bond motifs is 1. The fraction of sp³-hybridized carbons (Fsp3) is 0. The summed E-state index contributed by atoms with van der Waals surface area (Å²) < 4.78 is 28.7. The highest BCUT2D eigenvalue weighted by Crippen LogP contribution is 2.26. The highest BCUT2D eigenvalue weighted by atomic mass is 35.5. The van der Waals surface area contributed by atoms with Crippen LogP contribution >= 0.6 is 23.8 Å². The number of benzene rings is 2. The maximum atomic E-state index is 13.7. The largest absolute Gasteiger partial charge is 0.330 e. The highest BCUT2D eigenvalue weighted by Gasteiger charge is 2.13. The summed E-state index contributed by atoms with van der Waals surface area (Å²) in [5.74, 6) is -1.14. The predicted octanol–water partition coefficient (Wildman–Crippen LogP) is 4.49. The van der Waals surface area contributed by atoms with Crippen molar-refractivity contribution in [3.05, 3.63) is 57.3 Å². The smallest absolute Gasteiger partial charge is 0.182 e. The number of rotatable bonds is 1. The highest BCUT2D eigenvalue weighted by molar-refractivity contribution is 7.71. The summed E-state index contributed by atoms with van der Waals surface area (Å²) in [4.78, 5) is 2.88. The second kappa shape index (κ2) is 4.95. The maximum absolute atomic E-state index is 13.7. The second-order valence-electron chi connectivity index (χ2n) is 4.32. The van der Waals surface area contributed by atoms with E-state index in [4.69, 9.17) is 29.1 Å². The van der Waals surface area contributed by atoms with Gasteiger partial charge in [0.1, 0.15) is 17.7 Å². The van der Waals surface area contributed by atoms with Gasteiger partial charge in [0.05, 0.1) is 27.3 Å². The zero-order valence-corrected chi connectivity index (χ0v) is 11.9. The molecule has 1 aromatic heterocycles. The Kier molecular flexibility index (Phi) is 3.24. The van der Waals surface area contributed by atoms with Gasteiger partial charge in [-0.05, 0) is 36.5 Å². The van der Waals surface area contributed by atoms with Crippen LogP contribution in [-0.4, -0.2) is 9.55 Å². The van der Waals surface area contributed by atoms with Crippen molar-refractivity contribution in [2.24, 2.45) is 0 Å². The predicted molar refractivity (Wildman–Crippen MR) is 78.1 cm³/mol. The molecular weight excluding hydrogens is 316 g/mol. The second-order valence-corrected chi connectivity index (χ2v) is 5.12. The molecular formula is C14H6ClF2N3S. The number of aromatic nitrogens is 2. The molecule has 21 heavy (non-hydrogen) atoms. The number of H-pyrrole nitrogens is 1. The molecule has 0 aliphatic carbocycles. The Morgan fingerprint density at radius 2 is 2.00 bits per heavy atom. The van der Waals surface area contributed by atoms with Crippen LogP contribution in [-0.2, 0) is 0 Å². The monoisotopic (exact) mass is 321 g/mol. The Labute approximate surface area is 128 Å². The van der Waals surface area contributed by atoms with Gasteiger partial charge in [-0.25, -0.2) is 8.78 Å². The van der Waals surface area contributed by atoms with Gasteiger partial charge in [-0.1, -0.05) is 11.6 Å². The van der Waals surface area contributed by atoms with Gasteiger partial charge in [-0.3, -0.25) is 4.57 Å². The van der Waals surface area contributed by atoms with Crippen LogP contribution in [0.4, 0.5) is 8.78 Å². The first-order valence-electron chi connectivity index (χ1n) is 5.81. The number of hydrogen-bond acceptors (Lipinski definition) is 2. The summed E-state index contributed by atoms with van der Waals surface area (Å²) in [5, 5.41) is 9.10. The summed E-state index contributed by atoms with van der Waals surface area (Å²) in [5.41, 5.74) is 1.42. The molecule has 0 fully saturated rings. The first-order chi connectivity index (χ1) is 10.0. The van der Waals surface area contributed by atoms with E-state index in [0.717, 1.165) is 6.07 Å². The van der Waals surface area contributed by atoms with Crippen molar-refractivity contribution in [2.45, 2.75) is 0 Å². The summed E-state index contributed by atoms with van der Waals surface area (Å²) >= 11 is 10.9. The molecule has 104 valence electrons. The van der Waals surface area contributed by atoms with Crippen molar-refractivity contribution in [1.82, 2.24) is 9.55 Å². The van der Waals surface area contributed by atoms with E-state index in [1.807, 2.05) is 6.07 Å². The molecule has 1 N–H and O–H groups in total. The molecule has 3 nitrogen and oxygen atoms in total. The quantitative estimate of drug-likeness (QED) is 0.671. The van der Waals surface area contributed by atoms with Gasteiger partial charge in [0.2, 0.25) is 0 Å². The van der Waals surface area contributed by atoms with Crippen molar-refractivity contribution in [1.29, 1.82) is 5.26 Å². The van der Waals surface area contributed by atoms with Crippen molar-refractivity contribution in [2.75, 3.05) is 0 Å². The van der Waals surface area contributed by atoms with Crippen molar-refractivity contribution in [3.63, 3.8) is 0 Å². The minimum absolute atomic E-state index is 0.0366. The Bertz CT molecular complexity index is 969. The van der Waals surface area contributed by atoms with E-state index in [0.29, 0.717) is 16.7 Å². The third kappa shape index (κ3) is 2.20. The third-order valence-corrected chi connectivity index (χ3v) is 3.62. The van der Waals surface area contributed by atoms with Crippen LogP contribution in [0.2, 0.25) is 5.02 Å². The molecule has 0 radical (unpaired) electrons. The van der Waals surface area contributed by atoms with Crippen LogP contribution in [0.15, 0.2) is 30.3 Å². The van der Waals surface area contributed by atoms with E-state index in [9.17, 15) is 8.78 Å². The zero-order valence-electron chi connectivity index (χ0n) is 10.3. The molecule has 3 aromatic rings. The zero-order chi connectivity index (χ0) is 15.1. The third-order valence-electron chi connectivity index (χ3n) is 3.04. The van der Waals surface area contributed by atoms with Gasteiger partial charge >= 0.3 is 0 Å². The van der Waals surface area contributed by atoms with E-state index in [1.54, 1.807) is 0 Å². The molecule has 0 amide bonds. The number of nitrogens with zero attached hydrogens (tertiary/aromatic N) is 2. The minimum Gasteiger partial charge on any atom is -0.330 e. The number of imidazole rings is 1. The first kappa shape index (κ1) is 13.7. The minimum atomic E-state index is -0.604. The van der Waals surface area contributed by atoms with Crippen LogP contribution in [0.3, 0.4) is 0 Å². The van der Waals surface area contributed by atoms with Gasteiger partial charge in [0.15, 0.2) is 4.77 Å². The topological polar surface area (TPSA) is 44.5 Å². The van der Waals surface area contributed by atoms with Crippen LogP contribution in [0.1, 0.15) is 5.56 Å². The summed E-state index contributed by atoms with van der Waals surface area (Å²) in [6.07, 6.45) is 0. The molecule has 7 heteroatoms. The summed E-state index contributed by atoms with van der Waals surface area (Å²) in [7, 11) is 0.